The third-order valence-electron chi connectivity index (χ3n) is 10.1. The van der Waals surface area contributed by atoms with Crippen LogP contribution in [0.3, 0.4) is 0 Å². The average Bonchev–Trinajstić information content (AvgIpc) is 3.14. The van der Waals surface area contributed by atoms with Gasteiger partial charge in [-0.05, 0) is 57.1 Å². The van der Waals surface area contributed by atoms with E-state index in [2.05, 4.69) is 4.84 Å². The smallest absolute Gasteiger partial charge is 0.326 e. The largest absolute Gasteiger partial charge is 0.463 e. The second-order valence-electron chi connectivity index (χ2n) is 12.3. The number of alkyl halides is 1. The van der Waals surface area contributed by atoms with E-state index < -0.39 is 88.2 Å². The van der Waals surface area contributed by atoms with E-state index in [4.69, 9.17) is 15.2 Å². The molecule has 0 amide bonds. The van der Waals surface area contributed by atoms with Crippen molar-refractivity contribution in [1.29, 1.82) is 0 Å². The molecule has 1 unspecified atom stereocenters. The molecule has 9 atom stereocenters. The van der Waals surface area contributed by atoms with Crippen LogP contribution >= 0.6 is 0 Å². The lowest BCUT2D eigenvalue weighted by Crippen LogP contribution is -2.69. The number of carbonyl (C=O) groups excluding carboxylic acids is 4. The molecule has 14 nitrogen and oxygen atoms in total. The van der Waals surface area contributed by atoms with E-state index in [9.17, 15) is 44.6 Å². The Morgan fingerprint density at radius 1 is 1.21 bits per heavy atom. The van der Waals surface area contributed by atoms with Crippen LogP contribution in [0, 0.1) is 32.8 Å². The minimum Gasteiger partial charge on any atom is -0.463 e. The highest BCUT2D eigenvalue weighted by molar-refractivity contribution is 6.01. The molecule has 4 aliphatic carbocycles. The third-order valence-corrected chi connectivity index (χ3v) is 10.1. The van der Waals surface area contributed by atoms with Crippen molar-refractivity contribution in [1.82, 2.24) is 0 Å². The number of nitrogens with two attached hydrogens (primary N) is 1. The van der Waals surface area contributed by atoms with Gasteiger partial charge in [-0.3, -0.25) is 19.2 Å². The zero-order valence-electron chi connectivity index (χ0n) is 23.9. The number of halogens is 1. The SMILES string of the molecule is C[C@]12C=CC(=O)C=C1CC[C@H]1[C@@H]3C[C@@H](O)[C@](O)(C(=O)COC(=O)C(N)COC(=O)CCCO[N+](=O)[O-])[C@@]3(C)C[C@H](O)[C@@]12F. The maximum Gasteiger partial charge on any atom is 0.326 e. The highest BCUT2D eigenvalue weighted by atomic mass is 19.1. The van der Waals surface area contributed by atoms with Gasteiger partial charge in [-0.15, -0.1) is 10.1 Å². The molecule has 3 saturated carbocycles. The van der Waals surface area contributed by atoms with E-state index in [1.165, 1.54) is 25.2 Å². The van der Waals surface area contributed by atoms with Gasteiger partial charge in [-0.1, -0.05) is 18.6 Å². The molecule has 0 bridgehead atoms. The Morgan fingerprint density at radius 2 is 1.91 bits per heavy atom. The van der Waals surface area contributed by atoms with Crippen molar-refractivity contribution in [2.75, 3.05) is 19.8 Å². The molecule has 0 aromatic carbocycles. The van der Waals surface area contributed by atoms with Crippen molar-refractivity contribution >= 4 is 23.5 Å². The second-order valence-corrected chi connectivity index (χ2v) is 12.3. The fraction of sp³-hybridized carbons (Fsp3) is 0.714. The van der Waals surface area contributed by atoms with Crippen molar-refractivity contribution in [3.05, 3.63) is 33.9 Å². The lowest BCUT2D eigenvalue weighted by atomic mass is 9.44. The van der Waals surface area contributed by atoms with Crippen molar-refractivity contribution < 1.29 is 58.3 Å². The highest BCUT2D eigenvalue weighted by Gasteiger charge is 2.76. The van der Waals surface area contributed by atoms with Crippen LogP contribution in [0.2, 0.25) is 0 Å². The molecule has 4 aliphatic rings. The quantitative estimate of drug-likeness (QED) is 0.105. The molecular weight excluding hydrogens is 575 g/mol. The predicted molar refractivity (Wildman–Crippen MR) is 142 cm³/mol. The molecule has 0 aromatic rings. The number of hydrogen-bond acceptors (Lipinski definition) is 13. The summed E-state index contributed by atoms with van der Waals surface area (Å²) >= 11 is 0. The van der Waals surface area contributed by atoms with Crippen molar-refractivity contribution in [2.45, 2.75) is 81.9 Å². The molecule has 0 saturated heterocycles. The minimum absolute atomic E-state index is 0.0127. The second kappa shape index (κ2) is 11.7. The normalized spacial score (nSPS) is 38.6. The molecular formula is C28H37FN2O12. The van der Waals surface area contributed by atoms with Gasteiger partial charge in [-0.2, -0.15) is 0 Å². The number of esters is 2. The number of aliphatic hydroxyl groups is 3. The van der Waals surface area contributed by atoms with Crippen LogP contribution in [0.4, 0.5) is 4.39 Å². The summed E-state index contributed by atoms with van der Waals surface area (Å²) in [6.45, 7) is 1.19. The van der Waals surface area contributed by atoms with E-state index in [0.29, 0.717) is 12.0 Å². The average molecular weight is 613 g/mol. The summed E-state index contributed by atoms with van der Waals surface area (Å²) in [6, 6.07) is -1.50. The number of fused-ring (bicyclic) bond motifs is 5. The monoisotopic (exact) mass is 612 g/mol. The maximum atomic E-state index is 17.2. The van der Waals surface area contributed by atoms with Gasteiger partial charge in [0, 0.05) is 23.2 Å². The van der Waals surface area contributed by atoms with E-state index in [-0.39, 0.29) is 44.5 Å². The fourth-order valence-electron chi connectivity index (χ4n) is 7.76. The van der Waals surface area contributed by atoms with Gasteiger partial charge in [0.25, 0.3) is 5.09 Å². The standard InChI is InChI=1S/C28H37FN2O12/c1-25-8-7-16(32)10-15(25)5-6-17-18-11-20(33)28(38,26(18,2)12-21(34)27(17,25)29)22(35)14-42-24(37)19(30)13-41-23(36)4-3-9-43-31(39)40/h7-8,10,17-21,33-34,38H,3-6,9,11-14,30H2,1-2H3/t17-,18-,19?,20+,21-,25-,26-,27-,28-/m0/s1. The number of allylic oxidation sites excluding steroid dienone is 4. The van der Waals surface area contributed by atoms with Gasteiger partial charge in [0.05, 0.1) is 18.8 Å². The summed E-state index contributed by atoms with van der Waals surface area (Å²) in [5.74, 6) is -4.87. The van der Waals surface area contributed by atoms with Crippen LogP contribution in [0.15, 0.2) is 23.8 Å². The summed E-state index contributed by atoms with van der Waals surface area (Å²) < 4.78 is 27.0. The molecule has 0 radical (unpaired) electrons. The zero-order chi connectivity index (χ0) is 32.0. The van der Waals surface area contributed by atoms with Crippen LogP contribution in [0.1, 0.15) is 52.4 Å². The van der Waals surface area contributed by atoms with Gasteiger partial charge >= 0.3 is 11.9 Å². The van der Waals surface area contributed by atoms with Crippen molar-refractivity contribution in [3.8, 4) is 0 Å². The molecule has 5 N–H and O–H groups in total. The predicted octanol–water partition coefficient (Wildman–Crippen LogP) is 0.0304. The summed E-state index contributed by atoms with van der Waals surface area (Å²) in [4.78, 5) is 63.7. The first-order valence-corrected chi connectivity index (χ1v) is 14.1. The number of nitrogens with zero attached hydrogens (tertiary/aromatic N) is 1. The summed E-state index contributed by atoms with van der Waals surface area (Å²) in [6.07, 6.45) is 0.615. The number of carbonyl (C=O) groups is 4. The maximum absolute atomic E-state index is 17.2. The van der Waals surface area contributed by atoms with Crippen LogP contribution in [0.25, 0.3) is 0 Å². The molecule has 238 valence electrons. The molecule has 3 fully saturated rings. The first-order valence-electron chi connectivity index (χ1n) is 14.1. The number of rotatable bonds is 11. The van der Waals surface area contributed by atoms with E-state index in [1.54, 1.807) is 6.92 Å². The molecule has 0 heterocycles. The van der Waals surface area contributed by atoms with Gasteiger partial charge < -0.3 is 35.4 Å². The number of Topliss-reactive ketones (excluding diaryl/α,β-unsaturated/α-hetero) is 1. The van der Waals surface area contributed by atoms with Gasteiger partial charge in [0.15, 0.2) is 23.7 Å². The Labute approximate surface area is 246 Å². The van der Waals surface area contributed by atoms with E-state index in [1.807, 2.05) is 0 Å². The van der Waals surface area contributed by atoms with Gasteiger partial charge in [-0.25, -0.2) is 4.39 Å². The topological polar surface area (TPSA) is 226 Å². The molecule has 0 aliphatic heterocycles. The third kappa shape index (κ3) is 5.25. The van der Waals surface area contributed by atoms with Gasteiger partial charge in [0.2, 0.25) is 5.78 Å². The number of ether oxygens (including phenoxy) is 2. The Balaban J connectivity index is 1.41. The fourth-order valence-corrected chi connectivity index (χ4v) is 7.76. The number of ketones is 2. The Hall–Kier alpha value is -3.27. The zero-order valence-corrected chi connectivity index (χ0v) is 23.9. The van der Waals surface area contributed by atoms with Crippen molar-refractivity contribution in [2.24, 2.45) is 28.4 Å². The summed E-state index contributed by atoms with van der Waals surface area (Å²) in [5.41, 5.74) is -1.27. The van der Waals surface area contributed by atoms with Crippen molar-refractivity contribution in [3.63, 3.8) is 0 Å². The first kappa shape index (κ1) is 32.6. The number of hydrogen-bond donors (Lipinski definition) is 4. The van der Waals surface area contributed by atoms with E-state index >= 15 is 4.39 Å². The summed E-state index contributed by atoms with van der Waals surface area (Å²) in [7, 11) is 0. The lowest BCUT2D eigenvalue weighted by Gasteiger charge is -2.62. The Morgan fingerprint density at radius 3 is 2.58 bits per heavy atom. The van der Waals surface area contributed by atoms with Crippen LogP contribution in [-0.2, 0) is 33.5 Å². The first-order chi connectivity index (χ1) is 20.0. The Kier molecular flexibility index (Phi) is 8.86. The number of aliphatic hydroxyl groups excluding tert-OH is 2. The van der Waals surface area contributed by atoms with Crippen LogP contribution in [0.5, 0.6) is 0 Å². The molecule has 43 heavy (non-hydrogen) atoms. The van der Waals surface area contributed by atoms with Gasteiger partial charge in [0.1, 0.15) is 12.6 Å². The molecule has 0 aromatic heterocycles. The van der Waals surface area contributed by atoms with E-state index in [0.717, 1.165) is 0 Å². The highest BCUT2D eigenvalue weighted by Crippen LogP contribution is 2.69. The van der Waals surface area contributed by atoms with Crippen LogP contribution < -0.4 is 5.73 Å². The molecule has 4 rings (SSSR count). The molecule has 0 spiro atoms. The lowest BCUT2D eigenvalue weighted by molar-refractivity contribution is -0.757. The summed E-state index contributed by atoms with van der Waals surface area (Å²) in [5, 5.41) is 43.2. The van der Waals surface area contributed by atoms with Crippen LogP contribution in [-0.4, -0.2) is 93.3 Å². The minimum atomic E-state index is -2.49. The Bertz CT molecular complexity index is 1260. The molecule has 15 heteroatoms.